The molecule has 2 N–H and O–H groups in total. The highest BCUT2D eigenvalue weighted by molar-refractivity contribution is 5.92. The van der Waals surface area contributed by atoms with Crippen LogP contribution in [-0.4, -0.2) is 25.5 Å². The Bertz CT molecular complexity index is 451. The second-order valence-corrected chi connectivity index (χ2v) is 4.70. The number of nitriles is 1. The van der Waals surface area contributed by atoms with E-state index < -0.39 is 0 Å². The molecule has 0 saturated heterocycles. The van der Waals surface area contributed by atoms with Crippen LogP contribution in [0.25, 0.3) is 0 Å². The van der Waals surface area contributed by atoms with E-state index in [9.17, 15) is 4.79 Å². The van der Waals surface area contributed by atoms with Crippen LogP contribution in [0.4, 0.5) is 5.69 Å². The lowest BCUT2D eigenvalue weighted by atomic mass is 10.2. The zero-order valence-corrected chi connectivity index (χ0v) is 11.7. The van der Waals surface area contributed by atoms with Crippen molar-refractivity contribution in [3.8, 4) is 6.07 Å². The summed E-state index contributed by atoms with van der Waals surface area (Å²) in [5.41, 5.74) is 1.92. The van der Waals surface area contributed by atoms with Crippen molar-refractivity contribution in [2.75, 3.05) is 25.0 Å². The van der Waals surface area contributed by atoms with E-state index in [-0.39, 0.29) is 5.91 Å². The Morgan fingerprint density at radius 2 is 2.11 bits per heavy atom. The molecular weight excluding hydrogens is 238 g/mol. The van der Waals surface area contributed by atoms with Gasteiger partial charge in [0.25, 0.3) is 5.91 Å². The third-order valence-corrected chi connectivity index (χ3v) is 3.02. The fourth-order valence-electron chi connectivity index (χ4n) is 2.02. The van der Waals surface area contributed by atoms with E-state index in [1.165, 1.54) is 0 Å². The van der Waals surface area contributed by atoms with Crippen LogP contribution in [0.5, 0.6) is 0 Å². The third kappa shape index (κ3) is 5.54. The van der Waals surface area contributed by atoms with Crippen LogP contribution in [0, 0.1) is 18.3 Å². The summed E-state index contributed by atoms with van der Waals surface area (Å²) < 4.78 is 0. The minimum Gasteiger partial charge on any atom is -0.326 e. The predicted molar refractivity (Wildman–Crippen MR) is 75.9 cm³/mol. The van der Waals surface area contributed by atoms with Crippen molar-refractivity contribution in [3.63, 3.8) is 0 Å². The molecule has 4 nitrogen and oxygen atoms in total. The topological polar surface area (TPSA) is 57.3 Å². The van der Waals surface area contributed by atoms with Crippen molar-refractivity contribution in [2.24, 2.45) is 0 Å². The molecule has 4 heteroatoms. The molecule has 1 amide bonds. The average molecular weight is 260 g/mol. The van der Waals surface area contributed by atoms with E-state index in [0.29, 0.717) is 13.0 Å². The molecule has 0 fully saturated rings. The zero-order valence-electron chi connectivity index (χ0n) is 11.7. The minimum atomic E-state index is 0.00990. The molecule has 0 heterocycles. The minimum absolute atomic E-state index is 0.00990. The summed E-state index contributed by atoms with van der Waals surface area (Å²) in [5, 5.41) is 11.6. The highest BCUT2D eigenvalue weighted by Gasteiger charge is 2.13. The van der Waals surface area contributed by atoms with Crippen molar-refractivity contribution in [2.45, 2.75) is 26.7 Å². The number of quaternary nitrogens is 1. The molecule has 0 bridgehead atoms. The molecule has 102 valence electrons. The number of aryl methyl sites for hydroxylation is 1. The number of amides is 1. The SMILES string of the molecule is CCC[NH+](CCC#N)CC(=O)Nc1ccccc1C. The lowest BCUT2D eigenvalue weighted by Crippen LogP contribution is -3.13. The van der Waals surface area contributed by atoms with Crippen LogP contribution in [0.15, 0.2) is 24.3 Å². The second-order valence-electron chi connectivity index (χ2n) is 4.70. The second kappa shape index (κ2) is 8.28. The van der Waals surface area contributed by atoms with Gasteiger partial charge in [-0.1, -0.05) is 25.1 Å². The van der Waals surface area contributed by atoms with E-state index in [1.54, 1.807) is 0 Å². The summed E-state index contributed by atoms with van der Waals surface area (Å²) in [5.74, 6) is 0.00990. The Labute approximate surface area is 115 Å². The van der Waals surface area contributed by atoms with Crippen molar-refractivity contribution < 1.29 is 9.69 Å². The fraction of sp³-hybridized carbons (Fsp3) is 0.467. The normalized spacial score (nSPS) is 11.6. The number of rotatable bonds is 7. The van der Waals surface area contributed by atoms with Crippen molar-refractivity contribution >= 4 is 11.6 Å². The first-order chi connectivity index (χ1) is 9.17. The largest absolute Gasteiger partial charge is 0.326 e. The molecule has 1 aromatic carbocycles. The summed E-state index contributed by atoms with van der Waals surface area (Å²) in [6.45, 7) is 6.13. The highest BCUT2D eigenvalue weighted by atomic mass is 16.2. The number of hydrogen-bond acceptors (Lipinski definition) is 2. The van der Waals surface area contributed by atoms with Gasteiger partial charge < -0.3 is 10.2 Å². The number of nitrogens with one attached hydrogen (secondary N) is 2. The average Bonchev–Trinajstić information content (AvgIpc) is 2.39. The maximum Gasteiger partial charge on any atom is 0.279 e. The summed E-state index contributed by atoms with van der Waals surface area (Å²) in [6.07, 6.45) is 1.51. The molecule has 0 aliphatic rings. The molecule has 1 unspecified atom stereocenters. The van der Waals surface area contributed by atoms with Gasteiger partial charge in [0.15, 0.2) is 6.54 Å². The van der Waals surface area contributed by atoms with Crippen LogP contribution in [-0.2, 0) is 4.79 Å². The van der Waals surface area contributed by atoms with Gasteiger partial charge in [-0.25, -0.2) is 0 Å². The zero-order chi connectivity index (χ0) is 14.1. The molecule has 19 heavy (non-hydrogen) atoms. The van der Waals surface area contributed by atoms with E-state index in [4.69, 9.17) is 5.26 Å². The maximum absolute atomic E-state index is 12.0. The quantitative estimate of drug-likeness (QED) is 0.772. The van der Waals surface area contributed by atoms with Gasteiger partial charge in [-0.15, -0.1) is 0 Å². The van der Waals surface area contributed by atoms with Crippen molar-refractivity contribution in [1.82, 2.24) is 0 Å². The number of carbonyl (C=O) groups excluding carboxylic acids is 1. The van der Waals surface area contributed by atoms with Gasteiger partial charge in [-0.2, -0.15) is 5.26 Å². The van der Waals surface area contributed by atoms with Crippen LogP contribution in [0.3, 0.4) is 0 Å². The number of benzene rings is 1. The Morgan fingerprint density at radius 3 is 2.74 bits per heavy atom. The van der Waals surface area contributed by atoms with E-state index >= 15 is 0 Å². The van der Waals surface area contributed by atoms with Gasteiger partial charge >= 0.3 is 0 Å². The van der Waals surface area contributed by atoms with E-state index in [2.05, 4.69) is 18.3 Å². The molecule has 0 aromatic heterocycles. The number of nitrogens with zero attached hydrogens (tertiary/aromatic N) is 1. The van der Waals surface area contributed by atoms with Gasteiger partial charge in [0.1, 0.15) is 0 Å². The molecule has 0 aliphatic carbocycles. The van der Waals surface area contributed by atoms with Crippen LogP contribution < -0.4 is 10.2 Å². The molecule has 0 saturated carbocycles. The lowest BCUT2D eigenvalue weighted by Gasteiger charge is -2.17. The number of anilines is 1. The molecule has 0 radical (unpaired) electrons. The summed E-state index contributed by atoms with van der Waals surface area (Å²) in [7, 11) is 0. The lowest BCUT2D eigenvalue weighted by molar-refractivity contribution is -0.891. The Morgan fingerprint density at radius 1 is 1.37 bits per heavy atom. The van der Waals surface area contributed by atoms with Crippen molar-refractivity contribution in [3.05, 3.63) is 29.8 Å². The summed E-state index contributed by atoms with van der Waals surface area (Å²) in [6, 6.07) is 9.88. The van der Waals surface area contributed by atoms with E-state index in [0.717, 1.165) is 35.7 Å². The van der Waals surface area contributed by atoms with Crippen LogP contribution in [0.2, 0.25) is 0 Å². The molecule has 1 aromatic rings. The molecule has 1 rings (SSSR count). The van der Waals surface area contributed by atoms with Gasteiger partial charge in [0.05, 0.1) is 25.6 Å². The van der Waals surface area contributed by atoms with Crippen LogP contribution >= 0.6 is 0 Å². The van der Waals surface area contributed by atoms with E-state index in [1.807, 2.05) is 31.2 Å². The number of hydrogen-bond donors (Lipinski definition) is 2. The van der Waals surface area contributed by atoms with Crippen LogP contribution in [0.1, 0.15) is 25.3 Å². The first kappa shape index (κ1) is 15.2. The standard InChI is InChI=1S/C15H21N3O/c1-3-10-18(11-6-9-16)12-15(19)17-14-8-5-4-7-13(14)2/h4-5,7-8H,3,6,10-12H2,1-2H3,(H,17,19)/p+1. The first-order valence-corrected chi connectivity index (χ1v) is 6.73. The van der Waals surface area contributed by atoms with Crippen molar-refractivity contribution in [1.29, 1.82) is 5.26 Å². The number of carbonyl (C=O) groups is 1. The molecule has 1 atom stereocenters. The van der Waals surface area contributed by atoms with Gasteiger partial charge in [0, 0.05) is 5.69 Å². The Balaban J connectivity index is 2.53. The third-order valence-electron chi connectivity index (χ3n) is 3.02. The summed E-state index contributed by atoms with van der Waals surface area (Å²) >= 11 is 0. The Hall–Kier alpha value is -1.86. The molecule has 0 spiro atoms. The molecular formula is C15H22N3O+. The van der Waals surface area contributed by atoms with Gasteiger partial charge in [0.2, 0.25) is 0 Å². The highest BCUT2D eigenvalue weighted by Crippen LogP contribution is 2.12. The first-order valence-electron chi connectivity index (χ1n) is 6.73. The van der Waals surface area contributed by atoms with Gasteiger partial charge in [-0.05, 0) is 25.0 Å². The predicted octanol–water partition coefficient (Wildman–Crippen LogP) is 1.14. The number of para-hydroxylation sites is 1. The smallest absolute Gasteiger partial charge is 0.279 e. The fourth-order valence-corrected chi connectivity index (χ4v) is 2.02. The Kier molecular flexibility index (Phi) is 6.62. The molecule has 0 aliphatic heterocycles. The summed E-state index contributed by atoms with van der Waals surface area (Å²) in [4.78, 5) is 13.2. The van der Waals surface area contributed by atoms with Gasteiger partial charge in [-0.3, -0.25) is 4.79 Å². The monoisotopic (exact) mass is 260 g/mol. The maximum atomic E-state index is 12.0.